The number of benzene rings is 2. The van der Waals surface area contributed by atoms with Crippen molar-refractivity contribution >= 4 is 11.6 Å². The van der Waals surface area contributed by atoms with Crippen molar-refractivity contribution in [2.45, 2.75) is 0 Å². The highest BCUT2D eigenvalue weighted by atomic mass is 16.2. The van der Waals surface area contributed by atoms with Gasteiger partial charge in [-0.3, -0.25) is 9.48 Å². The molecule has 2 aromatic carbocycles. The van der Waals surface area contributed by atoms with Gasteiger partial charge in [-0.05, 0) is 23.8 Å². The summed E-state index contributed by atoms with van der Waals surface area (Å²) >= 11 is 0. The summed E-state index contributed by atoms with van der Waals surface area (Å²) in [5.41, 5.74) is 3.75. The molecule has 1 aromatic heterocycles. The van der Waals surface area contributed by atoms with Crippen LogP contribution in [0.3, 0.4) is 0 Å². The second-order valence-electron chi connectivity index (χ2n) is 6.52. The minimum Gasteiger partial charge on any atom is -0.368 e. The number of nitrogens with zero attached hydrogens (tertiary/aromatic N) is 4. The highest BCUT2D eigenvalue weighted by Gasteiger charge is 2.24. The number of aryl methyl sites for hydroxylation is 1. The van der Waals surface area contributed by atoms with Crippen molar-refractivity contribution in [2.24, 2.45) is 7.05 Å². The summed E-state index contributed by atoms with van der Waals surface area (Å²) in [6, 6.07) is 22.3. The Morgan fingerprint density at radius 3 is 2.15 bits per heavy atom. The zero-order valence-corrected chi connectivity index (χ0v) is 14.9. The first kappa shape index (κ1) is 16.4. The Balaban J connectivity index is 1.46. The third-order valence-electron chi connectivity index (χ3n) is 4.86. The first-order chi connectivity index (χ1) is 12.7. The third kappa shape index (κ3) is 3.20. The monoisotopic (exact) mass is 346 g/mol. The second-order valence-corrected chi connectivity index (χ2v) is 6.52. The van der Waals surface area contributed by atoms with E-state index in [0.717, 1.165) is 24.3 Å². The lowest BCUT2D eigenvalue weighted by Gasteiger charge is -2.35. The van der Waals surface area contributed by atoms with Gasteiger partial charge in [-0.1, -0.05) is 48.5 Å². The molecule has 4 rings (SSSR count). The van der Waals surface area contributed by atoms with Gasteiger partial charge in [0.15, 0.2) is 5.69 Å². The molecule has 0 unspecified atom stereocenters. The highest BCUT2D eigenvalue weighted by molar-refractivity contribution is 5.93. The number of carbonyl (C=O) groups excluding carboxylic acids is 1. The van der Waals surface area contributed by atoms with Crippen LogP contribution in [-0.2, 0) is 7.05 Å². The third-order valence-corrected chi connectivity index (χ3v) is 4.86. The smallest absolute Gasteiger partial charge is 0.274 e. The van der Waals surface area contributed by atoms with Crippen LogP contribution in [0, 0.1) is 0 Å². The standard InChI is InChI=1S/C21H22N4O/c1-23-20(17-8-4-2-5-9-17)16-19(22-23)21(26)25-14-12-24(13-15-25)18-10-6-3-7-11-18/h2-11,16H,12-15H2,1H3. The van der Waals surface area contributed by atoms with Crippen LogP contribution >= 0.6 is 0 Å². The fourth-order valence-corrected chi connectivity index (χ4v) is 3.42. The lowest BCUT2D eigenvalue weighted by molar-refractivity contribution is 0.0740. The summed E-state index contributed by atoms with van der Waals surface area (Å²) in [5, 5.41) is 4.45. The van der Waals surface area contributed by atoms with Crippen LogP contribution in [0.4, 0.5) is 5.69 Å². The molecule has 1 amide bonds. The molecule has 1 fully saturated rings. The van der Waals surface area contributed by atoms with E-state index in [9.17, 15) is 4.79 Å². The molecule has 132 valence electrons. The topological polar surface area (TPSA) is 41.4 Å². The van der Waals surface area contributed by atoms with Gasteiger partial charge in [0.1, 0.15) is 0 Å². The molecule has 0 radical (unpaired) electrons. The van der Waals surface area contributed by atoms with E-state index in [-0.39, 0.29) is 5.91 Å². The number of para-hydroxylation sites is 1. The molecule has 0 saturated carbocycles. The van der Waals surface area contributed by atoms with Gasteiger partial charge in [-0.25, -0.2) is 0 Å². The summed E-state index contributed by atoms with van der Waals surface area (Å²) in [4.78, 5) is 17.1. The first-order valence-corrected chi connectivity index (χ1v) is 8.91. The van der Waals surface area contributed by atoms with E-state index in [1.165, 1.54) is 5.69 Å². The molecule has 0 bridgehead atoms. The molecule has 26 heavy (non-hydrogen) atoms. The van der Waals surface area contributed by atoms with Crippen molar-refractivity contribution in [3.05, 3.63) is 72.4 Å². The Morgan fingerprint density at radius 2 is 1.50 bits per heavy atom. The average molecular weight is 346 g/mol. The molecule has 1 aliphatic rings. The summed E-state index contributed by atoms with van der Waals surface area (Å²) < 4.78 is 1.78. The molecule has 1 aliphatic heterocycles. The molecule has 3 aromatic rings. The number of carbonyl (C=O) groups is 1. The van der Waals surface area contributed by atoms with E-state index in [1.54, 1.807) is 4.68 Å². The Bertz CT molecular complexity index is 881. The minimum atomic E-state index is 0.00972. The van der Waals surface area contributed by atoms with Gasteiger partial charge >= 0.3 is 0 Å². The fourth-order valence-electron chi connectivity index (χ4n) is 3.42. The Morgan fingerprint density at radius 1 is 0.885 bits per heavy atom. The number of aromatic nitrogens is 2. The van der Waals surface area contributed by atoms with Crippen molar-refractivity contribution in [3.63, 3.8) is 0 Å². The zero-order valence-electron chi connectivity index (χ0n) is 14.9. The van der Waals surface area contributed by atoms with Crippen LogP contribution in [0.15, 0.2) is 66.7 Å². The Hall–Kier alpha value is -3.08. The average Bonchev–Trinajstić information content (AvgIpc) is 3.10. The number of anilines is 1. The van der Waals surface area contributed by atoms with Crippen molar-refractivity contribution < 1.29 is 4.79 Å². The van der Waals surface area contributed by atoms with E-state index in [4.69, 9.17) is 0 Å². The molecule has 2 heterocycles. The number of amides is 1. The molecule has 0 atom stereocenters. The van der Waals surface area contributed by atoms with Crippen molar-refractivity contribution in [1.82, 2.24) is 14.7 Å². The number of rotatable bonds is 3. The normalized spacial score (nSPS) is 14.5. The fraction of sp³-hybridized carbons (Fsp3) is 0.238. The maximum atomic E-state index is 12.9. The molecule has 0 aliphatic carbocycles. The van der Waals surface area contributed by atoms with E-state index in [0.29, 0.717) is 18.8 Å². The van der Waals surface area contributed by atoms with Gasteiger partial charge in [-0.15, -0.1) is 0 Å². The number of hydrogen-bond acceptors (Lipinski definition) is 3. The molecule has 0 spiro atoms. The van der Waals surface area contributed by atoms with E-state index in [2.05, 4.69) is 22.1 Å². The summed E-state index contributed by atoms with van der Waals surface area (Å²) in [6.45, 7) is 3.11. The lowest BCUT2D eigenvalue weighted by Crippen LogP contribution is -2.48. The SMILES string of the molecule is Cn1nc(C(=O)N2CCN(c3ccccc3)CC2)cc1-c1ccccc1. The van der Waals surface area contributed by atoms with Gasteiger partial charge in [0.2, 0.25) is 0 Å². The van der Waals surface area contributed by atoms with E-state index in [1.807, 2.05) is 66.5 Å². The Labute approximate surface area is 153 Å². The van der Waals surface area contributed by atoms with Gasteiger partial charge < -0.3 is 9.80 Å². The minimum absolute atomic E-state index is 0.00972. The highest BCUT2D eigenvalue weighted by Crippen LogP contribution is 2.21. The van der Waals surface area contributed by atoms with Crippen LogP contribution in [-0.4, -0.2) is 46.8 Å². The maximum Gasteiger partial charge on any atom is 0.274 e. The molecule has 5 nitrogen and oxygen atoms in total. The molecule has 0 N–H and O–H groups in total. The van der Waals surface area contributed by atoms with E-state index < -0.39 is 0 Å². The van der Waals surface area contributed by atoms with Crippen LogP contribution in [0.5, 0.6) is 0 Å². The summed E-state index contributed by atoms with van der Waals surface area (Å²) in [6.07, 6.45) is 0. The van der Waals surface area contributed by atoms with Gasteiger partial charge in [0.25, 0.3) is 5.91 Å². The first-order valence-electron chi connectivity index (χ1n) is 8.91. The summed E-state index contributed by atoms with van der Waals surface area (Å²) in [5.74, 6) is 0.00972. The molecular weight excluding hydrogens is 324 g/mol. The van der Waals surface area contributed by atoms with Gasteiger partial charge in [-0.2, -0.15) is 5.10 Å². The zero-order chi connectivity index (χ0) is 17.9. The summed E-state index contributed by atoms with van der Waals surface area (Å²) in [7, 11) is 1.88. The van der Waals surface area contributed by atoms with Crippen LogP contribution < -0.4 is 4.90 Å². The van der Waals surface area contributed by atoms with Crippen LogP contribution in [0.1, 0.15) is 10.5 Å². The second kappa shape index (κ2) is 7.04. The molecule has 1 saturated heterocycles. The molecular formula is C21H22N4O. The van der Waals surface area contributed by atoms with Gasteiger partial charge in [0, 0.05) is 38.9 Å². The predicted octanol–water partition coefficient (Wildman–Crippen LogP) is 3.05. The largest absolute Gasteiger partial charge is 0.368 e. The number of hydrogen-bond donors (Lipinski definition) is 0. The maximum absolute atomic E-state index is 12.9. The lowest BCUT2D eigenvalue weighted by atomic mass is 10.1. The predicted molar refractivity (Wildman–Crippen MR) is 103 cm³/mol. The molecule has 5 heteroatoms. The van der Waals surface area contributed by atoms with Crippen molar-refractivity contribution in [2.75, 3.05) is 31.1 Å². The van der Waals surface area contributed by atoms with Crippen LogP contribution in [0.25, 0.3) is 11.3 Å². The Kier molecular flexibility index (Phi) is 4.44. The van der Waals surface area contributed by atoms with Crippen molar-refractivity contribution in [3.8, 4) is 11.3 Å². The quantitative estimate of drug-likeness (QED) is 0.732. The van der Waals surface area contributed by atoms with Crippen molar-refractivity contribution in [1.29, 1.82) is 0 Å². The van der Waals surface area contributed by atoms with Gasteiger partial charge in [0.05, 0.1) is 5.69 Å². The van der Waals surface area contributed by atoms with E-state index >= 15 is 0 Å². The number of piperazine rings is 1. The van der Waals surface area contributed by atoms with Crippen LogP contribution in [0.2, 0.25) is 0 Å².